The molecule has 0 saturated carbocycles. The van der Waals surface area contributed by atoms with Gasteiger partial charge in [0.25, 0.3) is 0 Å². The first-order valence-electron chi connectivity index (χ1n) is 12.9. The minimum Gasteiger partial charge on any atom is -0.368 e. The topological polar surface area (TPSA) is 69.8 Å². The second-order valence-electron chi connectivity index (χ2n) is 9.75. The van der Waals surface area contributed by atoms with Crippen molar-refractivity contribution in [3.05, 3.63) is 64.0 Å². The molecule has 0 amide bonds. The lowest BCUT2D eigenvalue weighted by molar-refractivity contribution is -0.143. The molecule has 1 saturated heterocycles. The number of nitrogens with zero attached hydrogens (tertiary/aromatic N) is 4. The van der Waals surface area contributed by atoms with E-state index >= 15 is 0 Å². The molecule has 0 spiro atoms. The Morgan fingerprint density at radius 1 is 0.902 bits per heavy atom. The molecule has 2 aromatic rings. The summed E-state index contributed by atoms with van der Waals surface area (Å²) in [5.41, 5.74) is 4.29. The Balaban J connectivity index is 2.11. The van der Waals surface area contributed by atoms with Gasteiger partial charge >= 0.3 is 18.5 Å². The lowest BCUT2D eigenvalue weighted by Gasteiger charge is -2.35. The number of hydrogen-bond donors (Lipinski definition) is 2. The van der Waals surface area contributed by atoms with Crippen LogP contribution in [0.5, 0.6) is 0 Å². The van der Waals surface area contributed by atoms with E-state index in [0.717, 1.165) is 36.4 Å². The Morgan fingerprint density at radius 2 is 1.46 bits per heavy atom. The molecular formula is C26H31F9N6. The van der Waals surface area contributed by atoms with Crippen LogP contribution in [-0.2, 0) is 31.6 Å². The molecule has 228 valence electrons. The normalized spacial score (nSPS) is 16.5. The second kappa shape index (κ2) is 12.7. The van der Waals surface area contributed by atoms with Crippen LogP contribution in [0.15, 0.2) is 35.6 Å². The fourth-order valence-electron chi connectivity index (χ4n) is 4.90. The molecule has 1 fully saturated rings. The summed E-state index contributed by atoms with van der Waals surface area (Å²) in [5.74, 6) is -0.354. The molecule has 1 aromatic heterocycles. The predicted octanol–water partition coefficient (Wildman–Crippen LogP) is 6.53. The first kappa shape index (κ1) is 32.3. The summed E-state index contributed by atoms with van der Waals surface area (Å²) in [6.45, 7) is 2.25. The highest BCUT2D eigenvalue weighted by Gasteiger charge is 2.37. The van der Waals surface area contributed by atoms with Gasteiger partial charge in [-0.25, -0.2) is 0 Å². The number of hydrogen-bond acceptors (Lipinski definition) is 4. The van der Waals surface area contributed by atoms with Crippen molar-refractivity contribution in [3.63, 3.8) is 0 Å². The largest absolute Gasteiger partial charge is 0.417 e. The SMILES string of the molecule is CCC(c1ncc(C(F)(F)F)cc1CN(Cc1cc(C(F)(F)F)cc(C(F)(F)F)c1)/C(N)=N/NC)N1CCCCC1. The van der Waals surface area contributed by atoms with E-state index in [2.05, 4.69) is 20.4 Å². The molecule has 15 heteroatoms. The average molecular weight is 599 g/mol. The second-order valence-corrected chi connectivity index (χ2v) is 9.75. The molecule has 1 aromatic carbocycles. The quantitative estimate of drug-likeness (QED) is 0.157. The first-order valence-corrected chi connectivity index (χ1v) is 12.9. The molecule has 6 nitrogen and oxygen atoms in total. The van der Waals surface area contributed by atoms with Gasteiger partial charge in [-0.3, -0.25) is 9.88 Å². The van der Waals surface area contributed by atoms with Gasteiger partial charge in [0.1, 0.15) is 0 Å². The van der Waals surface area contributed by atoms with Crippen molar-refractivity contribution in [3.8, 4) is 0 Å². The van der Waals surface area contributed by atoms with Crippen LogP contribution in [0.25, 0.3) is 0 Å². The molecule has 1 atom stereocenters. The Morgan fingerprint density at radius 3 is 1.95 bits per heavy atom. The number of aromatic nitrogens is 1. The van der Waals surface area contributed by atoms with Crippen molar-refractivity contribution in [1.82, 2.24) is 20.2 Å². The monoisotopic (exact) mass is 598 g/mol. The van der Waals surface area contributed by atoms with Crippen molar-refractivity contribution in [2.75, 3.05) is 20.1 Å². The maximum absolute atomic E-state index is 13.7. The van der Waals surface area contributed by atoms with Gasteiger partial charge in [-0.1, -0.05) is 13.3 Å². The number of benzene rings is 1. The number of guanidine groups is 1. The van der Waals surface area contributed by atoms with Gasteiger partial charge in [-0.2, -0.15) is 39.5 Å². The highest BCUT2D eigenvalue weighted by Crippen LogP contribution is 2.37. The van der Waals surface area contributed by atoms with Crippen LogP contribution in [0, 0.1) is 0 Å². The number of hydrazone groups is 1. The average Bonchev–Trinajstić information content (AvgIpc) is 2.88. The summed E-state index contributed by atoms with van der Waals surface area (Å²) in [5, 5.41) is 3.79. The predicted molar refractivity (Wildman–Crippen MR) is 134 cm³/mol. The fourth-order valence-corrected chi connectivity index (χ4v) is 4.90. The van der Waals surface area contributed by atoms with Crippen LogP contribution in [-0.4, -0.2) is 40.9 Å². The van der Waals surface area contributed by atoms with E-state index in [1.54, 1.807) is 0 Å². The van der Waals surface area contributed by atoms with Crippen molar-refractivity contribution in [2.24, 2.45) is 10.8 Å². The highest BCUT2D eigenvalue weighted by atomic mass is 19.4. The molecule has 3 rings (SSSR count). The third kappa shape index (κ3) is 8.39. The summed E-state index contributed by atoms with van der Waals surface area (Å²) >= 11 is 0. The number of nitrogens with two attached hydrogens (primary N) is 1. The van der Waals surface area contributed by atoms with E-state index in [1.165, 1.54) is 7.05 Å². The number of halogens is 9. The van der Waals surface area contributed by atoms with Gasteiger partial charge in [-0.15, -0.1) is 5.10 Å². The van der Waals surface area contributed by atoms with E-state index < -0.39 is 53.9 Å². The maximum atomic E-state index is 13.7. The molecule has 0 radical (unpaired) electrons. The zero-order valence-electron chi connectivity index (χ0n) is 22.4. The van der Waals surface area contributed by atoms with Gasteiger partial charge in [0, 0.05) is 26.3 Å². The van der Waals surface area contributed by atoms with Crippen LogP contribution in [0.4, 0.5) is 39.5 Å². The van der Waals surface area contributed by atoms with Crippen LogP contribution in [0.3, 0.4) is 0 Å². The zero-order valence-corrected chi connectivity index (χ0v) is 22.4. The first-order chi connectivity index (χ1) is 19.0. The van der Waals surface area contributed by atoms with Crippen LogP contribution in [0.1, 0.15) is 72.2 Å². The maximum Gasteiger partial charge on any atom is 0.417 e. The molecular weight excluding hydrogens is 567 g/mol. The van der Waals surface area contributed by atoms with Gasteiger partial charge in [0.05, 0.1) is 28.4 Å². The number of nitrogens with one attached hydrogen (secondary N) is 1. The molecule has 3 N–H and O–H groups in total. The Hall–Kier alpha value is -3.23. The lowest BCUT2D eigenvalue weighted by atomic mass is 9.98. The molecule has 41 heavy (non-hydrogen) atoms. The smallest absolute Gasteiger partial charge is 0.368 e. The van der Waals surface area contributed by atoms with E-state index in [9.17, 15) is 39.5 Å². The third-order valence-electron chi connectivity index (χ3n) is 6.79. The minimum absolute atomic E-state index is 0.00181. The highest BCUT2D eigenvalue weighted by molar-refractivity contribution is 5.77. The molecule has 0 aliphatic carbocycles. The number of likely N-dealkylation sites (tertiary alicyclic amines) is 1. The zero-order chi connectivity index (χ0) is 30.6. The molecule has 1 aliphatic rings. The Labute approximate surface area is 231 Å². The van der Waals surface area contributed by atoms with E-state index in [4.69, 9.17) is 5.73 Å². The summed E-state index contributed by atoms with van der Waals surface area (Å²) in [4.78, 5) is 7.39. The Kier molecular flexibility index (Phi) is 10.0. The van der Waals surface area contributed by atoms with Gasteiger partial charge in [-0.05, 0) is 67.7 Å². The van der Waals surface area contributed by atoms with Crippen molar-refractivity contribution in [2.45, 2.75) is 70.3 Å². The van der Waals surface area contributed by atoms with Crippen LogP contribution < -0.4 is 11.2 Å². The number of alkyl halides is 9. The Bertz CT molecular complexity index is 1170. The lowest BCUT2D eigenvalue weighted by Crippen LogP contribution is -2.39. The van der Waals surface area contributed by atoms with Gasteiger partial charge < -0.3 is 16.1 Å². The van der Waals surface area contributed by atoms with Crippen molar-refractivity contribution >= 4 is 5.96 Å². The minimum atomic E-state index is -5.08. The van der Waals surface area contributed by atoms with Crippen molar-refractivity contribution < 1.29 is 39.5 Å². The van der Waals surface area contributed by atoms with Gasteiger partial charge in [0.15, 0.2) is 0 Å². The summed E-state index contributed by atoms with van der Waals surface area (Å²) in [6, 6.07) is 1.62. The molecule has 2 heterocycles. The molecule has 0 bridgehead atoms. The summed E-state index contributed by atoms with van der Waals surface area (Å²) in [7, 11) is 1.36. The van der Waals surface area contributed by atoms with Gasteiger partial charge in [0.2, 0.25) is 5.96 Å². The summed E-state index contributed by atoms with van der Waals surface area (Å²) < 4.78 is 122. The molecule has 1 aliphatic heterocycles. The van der Waals surface area contributed by atoms with Crippen molar-refractivity contribution in [1.29, 1.82) is 0 Å². The number of pyridine rings is 1. The number of rotatable bonds is 8. The van der Waals surface area contributed by atoms with Crippen LogP contribution >= 0.6 is 0 Å². The number of piperidine rings is 1. The summed E-state index contributed by atoms with van der Waals surface area (Å²) in [6.07, 6.45) is -10.8. The third-order valence-corrected chi connectivity index (χ3v) is 6.79. The standard InChI is InChI=1S/C26H31F9N6/c1-3-21(40-7-5-4-6-8-40)22-17(11-20(13-38-22)26(33,34)35)15-41(23(36)39-37-2)14-16-9-18(24(27,28)29)12-19(10-16)25(30,31)32/h9-13,21,37H,3-8,14-15H2,1-2H3,(H2,36,39). The van der Waals surface area contributed by atoms with Crippen LogP contribution in [0.2, 0.25) is 0 Å². The van der Waals surface area contributed by atoms with E-state index in [1.807, 2.05) is 6.92 Å². The fraction of sp³-hybridized carbons (Fsp3) is 0.538. The molecule has 1 unspecified atom stereocenters. The van der Waals surface area contributed by atoms with E-state index in [-0.39, 0.29) is 23.6 Å². The van der Waals surface area contributed by atoms with E-state index in [0.29, 0.717) is 37.3 Å².